The van der Waals surface area contributed by atoms with Gasteiger partial charge < -0.3 is 0 Å². The van der Waals surface area contributed by atoms with Gasteiger partial charge in [-0.15, -0.1) is 18.2 Å². The molecule has 0 fully saturated rings. The molecule has 0 radical (unpaired) electrons. The van der Waals surface area contributed by atoms with E-state index in [1.54, 1.807) is 18.3 Å². The van der Waals surface area contributed by atoms with Crippen LogP contribution < -0.4 is 0 Å². The molecule has 0 unspecified atom stereocenters. The molecular formula is C12H11BrClNO2S. The molecule has 0 atom stereocenters. The highest BCUT2D eigenvalue weighted by Crippen LogP contribution is 2.27. The highest BCUT2D eigenvalue weighted by molar-refractivity contribution is 9.10. The maximum atomic E-state index is 12.1. The Morgan fingerprint density at radius 1 is 1.44 bits per heavy atom. The normalized spacial score (nSPS) is 11.9. The fourth-order valence-electron chi connectivity index (χ4n) is 1.80. The molecule has 2 rings (SSSR count). The second-order valence-electron chi connectivity index (χ2n) is 3.81. The summed E-state index contributed by atoms with van der Waals surface area (Å²) in [6, 6.07) is 5.43. The minimum absolute atomic E-state index is 0.103. The molecule has 0 saturated heterocycles. The van der Waals surface area contributed by atoms with Crippen molar-refractivity contribution in [2.24, 2.45) is 0 Å². The summed E-state index contributed by atoms with van der Waals surface area (Å²) in [5.74, 6) is 0.165. The average Bonchev–Trinajstić information content (AvgIpc) is 2.67. The standard InChI is InChI=1S/C12H11BrClNO2S/c1-2-5-18(16,17)15-8-9(7-14)11-6-10(13)3-4-12(11)15/h2-4,6,8H,1,5,7H2. The van der Waals surface area contributed by atoms with Gasteiger partial charge in [0.25, 0.3) is 0 Å². The average molecular weight is 349 g/mol. The van der Waals surface area contributed by atoms with Crippen molar-refractivity contribution >= 4 is 48.5 Å². The molecule has 6 heteroatoms. The van der Waals surface area contributed by atoms with Crippen molar-refractivity contribution in [3.8, 4) is 0 Å². The van der Waals surface area contributed by atoms with Crippen LogP contribution in [0, 0.1) is 0 Å². The Morgan fingerprint density at radius 2 is 2.17 bits per heavy atom. The maximum Gasteiger partial charge on any atom is 0.242 e. The third-order valence-corrected chi connectivity index (χ3v) is 4.93. The van der Waals surface area contributed by atoms with E-state index >= 15 is 0 Å². The molecule has 1 aromatic carbocycles. The van der Waals surface area contributed by atoms with Crippen LogP contribution in [0.1, 0.15) is 5.56 Å². The lowest BCUT2D eigenvalue weighted by atomic mass is 10.2. The first-order valence-electron chi connectivity index (χ1n) is 5.19. The van der Waals surface area contributed by atoms with Gasteiger partial charge in [-0.05, 0) is 23.8 Å². The lowest BCUT2D eigenvalue weighted by Crippen LogP contribution is -2.14. The SMILES string of the molecule is C=CCS(=O)(=O)n1cc(CCl)c2cc(Br)ccc21. The van der Waals surface area contributed by atoms with Crippen LogP contribution in [0.2, 0.25) is 0 Å². The van der Waals surface area contributed by atoms with Crippen LogP contribution in [0.4, 0.5) is 0 Å². The van der Waals surface area contributed by atoms with Gasteiger partial charge in [0.2, 0.25) is 10.0 Å². The smallest absolute Gasteiger partial charge is 0.242 e. The Balaban J connectivity index is 2.77. The van der Waals surface area contributed by atoms with Crippen molar-refractivity contribution in [1.29, 1.82) is 0 Å². The molecule has 0 aliphatic rings. The van der Waals surface area contributed by atoms with Gasteiger partial charge >= 0.3 is 0 Å². The number of rotatable bonds is 4. The van der Waals surface area contributed by atoms with Gasteiger partial charge in [-0.3, -0.25) is 0 Å². The van der Waals surface area contributed by atoms with Gasteiger partial charge in [0.15, 0.2) is 0 Å². The highest BCUT2D eigenvalue weighted by atomic mass is 79.9. The Morgan fingerprint density at radius 3 is 2.78 bits per heavy atom. The van der Waals surface area contributed by atoms with E-state index in [1.165, 1.54) is 10.0 Å². The number of hydrogen-bond acceptors (Lipinski definition) is 2. The zero-order chi connectivity index (χ0) is 13.3. The van der Waals surface area contributed by atoms with Crippen molar-refractivity contribution in [2.45, 2.75) is 5.88 Å². The third kappa shape index (κ3) is 2.35. The quantitative estimate of drug-likeness (QED) is 0.626. The van der Waals surface area contributed by atoms with Crippen LogP contribution in [0.5, 0.6) is 0 Å². The first kappa shape index (κ1) is 13.6. The van der Waals surface area contributed by atoms with E-state index in [9.17, 15) is 8.42 Å². The number of aromatic nitrogens is 1. The van der Waals surface area contributed by atoms with Crippen LogP contribution in [0.3, 0.4) is 0 Å². The van der Waals surface area contributed by atoms with Gasteiger partial charge in [0.1, 0.15) is 0 Å². The van der Waals surface area contributed by atoms with Crippen molar-refractivity contribution in [3.05, 3.63) is 47.1 Å². The molecule has 1 aromatic heterocycles. The summed E-state index contributed by atoms with van der Waals surface area (Å²) in [7, 11) is -3.41. The number of halogens is 2. The van der Waals surface area contributed by atoms with E-state index in [-0.39, 0.29) is 11.6 Å². The Bertz CT molecular complexity index is 706. The van der Waals surface area contributed by atoms with Crippen LogP contribution in [-0.4, -0.2) is 18.1 Å². The summed E-state index contributed by atoms with van der Waals surface area (Å²) in [5, 5.41) is 0.840. The Hall–Kier alpha value is -0.780. The van der Waals surface area contributed by atoms with Gasteiger partial charge in [-0.1, -0.05) is 22.0 Å². The fraction of sp³-hybridized carbons (Fsp3) is 0.167. The fourth-order valence-corrected chi connectivity index (χ4v) is 3.58. The summed E-state index contributed by atoms with van der Waals surface area (Å²) in [4.78, 5) is 0. The molecule has 18 heavy (non-hydrogen) atoms. The minimum Gasteiger partial charge on any atom is -0.244 e. The zero-order valence-corrected chi connectivity index (χ0v) is 12.6. The monoisotopic (exact) mass is 347 g/mol. The van der Waals surface area contributed by atoms with Gasteiger partial charge in [-0.2, -0.15) is 0 Å². The van der Waals surface area contributed by atoms with Crippen molar-refractivity contribution in [2.75, 3.05) is 5.75 Å². The summed E-state index contributed by atoms with van der Waals surface area (Å²) >= 11 is 9.22. The molecule has 0 aliphatic heterocycles. The molecular weight excluding hydrogens is 338 g/mol. The van der Waals surface area contributed by atoms with E-state index in [4.69, 9.17) is 11.6 Å². The molecule has 0 saturated carbocycles. The molecule has 0 N–H and O–H groups in total. The van der Waals surface area contributed by atoms with Crippen molar-refractivity contribution in [1.82, 2.24) is 3.97 Å². The van der Waals surface area contributed by atoms with Gasteiger partial charge in [0.05, 0.1) is 11.3 Å². The third-order valence-electron chi connectivity index (χ3n) is 2.59. The number of nitrogens with zero attached hydrogens (tertiary/aromatic N) is 1. The highest BCUT2D eigenvalue weighted by Gasteiger charge is 2.17. The summed E-state index contributed by atoms with van der Waals surface area (Å²) in [5.41, 5.74) is 1.43. The van der Waals surface area contributed by atoms with Crippen LogP contribution in [0.15, 0.2) is 41.5 Å². The maximum absolute atomic E-state index is 12.1. The van der Waals surface area contributed by atoms with Crippen LogP contribution in [-0.2, 0) is 15.9 Å². The molecule has 0 bridgehead atoms. The van der Waals surface area contributed by atoms with Gasteiger partial charge in [-0.25, -0.2) is 12.4 Å². The minimum atomic E-state index is -3.41. The van der Waals surface area contributed by atoms with E-state index in [2.05, 4.69) is 22.5 Å². The number of alkyl halides is 1. The predicted octanol–water partition coefficient (Wildman–Crippen LogP) is 3.51. The Labute approximate surface area is 119 Å². The topological polar surface area (TPSA) is 39.1 Å². The largest absolute Gasteiger partial charge is 0.244 e. The first-order valence-corrected chi connectivity index (χ1v) is 8.13. The van der Waals surface area contributed by atoms with Crippen molar-refractivity contribution < 1.29 is 8.42 Å². The molecule has 1 heterocycles. The summed E-state index contributed by atoms with van der Waals surface area (Å²) in [6.07, 6.45) is 2.95. The van der Waals surface area contributed by atoms with Gasteiger partial charge in [0, 0.05) is 21.9 Å². The summed E-state index contributed by atoms with van der Waals surface area (Å²) < 4.78 is 26.4. The van der Waals surface area contributed by atoms with E-state index < -0.39 is 10.0 Å². The van der Waals surface area contributed by atoms with E-state index in [0.29, 0.717) is 5.52 Å². The zero-order valence-electron chi connectivity index (χ0n) is 9.44. The lowest BCUT2D eigenvalue weighted by molar-refractivity contribution is 0.592. The molecule has 0 spiro atoms. The molecule has 3 nitrogen and oxygen atoms in total. The Kier molecular flexibility index (Phi) is 3.84. The van der Waals surface area contributed by atoms with Crippen LogP contribution >= 0.6 is 27.5 Å². The second-order valence-corrected chi connectivity index (χ2v) is 6.89. The molecule has 96 valence electrons. The lowest BCUT2D eigenvalue weighted by Gasteiger charge is -2.04. The molecule has 0 aliphatic carbocycles. The van der Waals surface area contributed by atoms with E-state index in [0.717, 1.165) is 15.4 Å². The number of hydrogen-bond donors (Lipinski definition) is 0. The molecule has 0 amide bonds. The van der Waals surface area contributed by atoms with Crippen LogP contribution in [0.25, 0.3) is 10.9 Å². The number of fused-ring (bicyclic) bond motifs is 1. The summed E-state index contributed by atoms with van der Waals surface area (Å²) in [6.45, 7) is 3.47. The van der Waals surface area contributed by atoms with Crippen molar-refractivity contribution in [3.63, 3.8) is 0 Å². The number of benzene rings is 1. The molecule has 2 aromatic rings. The second kappa shape index (κ2) is 5.07. The predicted molar refractivity (Wildman–Crippen MR) is 78.6 cm³/mol. The first-order chi connectivity index (χ1) is 8.49. The van der Waals surface area contributed by atoms with E-state index in [1.807, 2.05) is 6.07 Å².